The molecular weight excluding hydrogens is 320 g/mol. The summed E-state index contributed by atoms with van der Waals surface area (Å²) in [5, 5.41) is 36.6. The van der Waals surface area contributed by atoms with E-state index in [-0.39, 0.29) is 6.61 Å². The number of ether oxygens (including phenoxy) is 1. The van der Waals surface area contributed by atoms with Crippen LogP contribution in [0, 0.1) is 16.7 Å². The van der Waals surface area contributed by atoms with E-state index in [0.29, 0.717) is 0 Å². The minimum absolute atomic E-state index is 0.314. The molecule has 0 radical (unpaired) electrons. The van der Waals surface area contributed by atoms with Gasteiger partial charge in [-0.15, -0.1) is 0 Å². The van der Waals surface area contributed by atoms with Gasteiger partial charge in [0.05, 0.1) is 12.5 Å². The fourth-order valence-corrected chi connectivity index (χ4v) is 2.59. The number of Topliss-reactive ketones (excluding diaryl/α,β-unsaturated/α-hetero) is 1. The number of carboxylic acids is 4. The number of carbonyl (C=O) groups is 6. The molecule has 11 nitrogen and oxygen atoms in total. The molecule has 11 heteroatoms. The number of rotatable bonds is 6. The maximum atomic E-state index is 12.3. The fraction of sp³-hybridized carbons (Fsp3) is 0.500. The molecule has 1 aliphatic rings. The summed E-state index contributed by atoms with van der Waals surface area (Å²) in [6.07, 6.45) is -1.34. The quantitative estimate of drug-likeness (QED) is 0.325. The summed E-state index contributed by atoms with van der Waals surface area (Å²) in [5.41, 5.74) is -6.92. The van der Waals surface area contributed by atoms with Gasteiger partial charge < -0.3 is 25.2 Å². The van der Waals surface area contributed by atoms with Gasteiger partial charge in [-0.1, -0.05) is 0 Å². The van der Waals surface area contributed by atoms with Gasteiger partial charge >= 0.3 is 29.8 Å². The van der Waals surface area contributed by atoms with E-state index in [2.05, 4.69) is 4.74 Å². The highest BCUT2D eigenvalue weighted by molar-refractivity contribution is 6.34. The van der Waals surface area contributed by atoms with Gasteiger partial charge in [0.15, 0.2) is 5.78 Å². The summed E-state index contributed by atoms with van der Waals surface area (Å²) >= 11 is 0. The van der Waals surface area contributed by atoms with Crippen LogP contribution in [0.15, 0.2) is 0 Å². The second kappa shape index (κ2) is 5.66. The molecule has 1 atom stereocenters. The second-order valence-electron chi connectivity index (χ2n) is 4.77. The van der Waals surface area contributed by atoms with Gasteiger partial charge in [0.2, 0.25) is 10.8 Å². The summed E-state index contributed by atoms with van der Waals surface area (Å²) in [6, 6.07) is 0. The highest BCUT2D eigenvalue weighted by Crippen LogP contribution is 2.52. The average Bonchev–Trinajstić information content (AvgIpc) is 2.70. The standard InChI is InChI=1S/C12H12O11/c1-2-23-5(13)4-3-11(7(15)16,8(17)18)6(14)12(4,9(19)20)10(21)22/h4H,2-3H2,1H3,(H,15,16)(H,17,18)(H,19,20)(H,21,22). The lowest BCUT2D eigenvalue weighted by Crippen LogP contribution is -2.54. The van der Waals surface area contributed by atoms with Crippen molar-refractivity contribution in [2.24, 2.45) is 16.7 Å². The van der Waals surface area contributed by atoms with Gasteiger partial charge in [-0.05, 0) is 13.3 Å². The molecular formula is C12H12O11. The van der Waals surface area contributed by atoms with Gasteiger partial charge in [-0.25, -0.2) is 0 Å². The lowest BCUT2D eigenvalue weighted by molar-refractivity contribution is -0.178. The molecule has 1 fully saturated rings. The lowest BCUT2D eigenvalue weighted by Gasteiger charge is -2.23. The fourth-order valence-electron chi connectivity index (χ4n) is 2.59. The summed E-state index contributed by atoms with van der Waals surface area (Å²) in [4.78, 5) is 69.6. The molecule has 0 aromatic heterocycles. The van der Waals surface area contributed by atoms with Crippen molar-refractivity contribution in [2.45, 2.75) is 13.3 Å². The molecule has 0 aromatic carbocycles. The molecule has 1 unspecified atom stereocenters. The van der Waals surface area contributed by atoms with Crippen LogP contribution in [-0.2, 0) is 33.5 Å². The average molecular weight is 332 g/mol. The first-order chi connectivity index (χ1) is 10.5. The summed E-state index contributed by atoms with van der Waals surface area (Å²) in [6.45, 7) is 0.992. The Hall–Kier alpha value is -2.98. The van der Waals surface area contributed by atoms with Crippen LogP contribution in [0.25, 0.3) is 0 Å². The largest absolute Gasteiger partial charge is 0.480 e. The SMILES string of the molecule is CCOC(=O)C1CC(C(=O)O)(C(=O)O)C(=O)C1(C(=O)O)C(=O)O. The van der Waals surface area contributed by atoms with Crippen molar-refractivity contribution in [3.05, 3.63) is 0 Å². The van der Waals surface area contributed by atoms with Crippen LogP contribution in [0.1, 0.15) is 13.3 Å². The minimum Gasteiger partial charge on any atom is -0.480 e. The van der Waals surface area contributed by atoms with Crippen LogP contribution >= 0.6 is 0 Å². The third kappa shape index (κ3) is 2.12. The number of aliphatic carboxylic acids is 4. The van der Waals surface area contributed by atoms with E-state index in [1.54, 1.807) is 0 Å². The Morgan fingerprint density at radius 1 is 1.00 bits per heavy atom. The van der Waals surface area contributed by atoms with Crippen LogP contribution in [0.3, 0.4) is 0 Å². The van der Waals surface area contributed by atoms with Crippen molar-refractivity contribution in [2.75, 3.05) is 6.61 Å². The van der Waals surface area contributed by atoms with E-state index in [1.165, 1.54) is 6.92 Å². The number of carboxylic acid groups (broad SMARTS) is 4. The third-order valence-electron chi connectivity index (χ3n) is 3.75. The van der Waals surface area contributed by atoms with E-state index < -0.39 is 58.8 Å². The number of hydrogen-bond acceptors (Lipinski definition) is 7. The molecule has 1 saturated carbocycles. The molecule has 23 heavy (non-hydrogen) atoms. The van der Waals surface area contributed by atoms with Gasteiger partial charge in [0.25, 0.3) is 0 Å². The number of esters is 1. The molecule has 0 spiro atoms. The van der Waals surface area contributed by atoms with Crippen LogP contribution in [0.2, 0.25) is 0 Å². The van der Waals surface area contributed by atoms with Crippen molar-refractivity contribution in [1.29, 1.82) is 0 Å². The van der Waals surface area contributed by atoms with E-state index in [1.807, 2.05) is 0 Å². The Morgan fingerprint density at radius 3 is 1.74 bits per heavy atom. The smallest absolute Gasteiger partial charge is 0.329 e. The summed E-state index contributed by atoms with van der Waals surface area (Å²) < 4.78 is 4.48. The molecule has 126 valence electrons. The van der Waals surface area contributed by atoms with Crippen LogP contribution in [0.4, 0.5) is 0 Å². The monoisotopic (exact) mass is 332 g/mol. The molecule has 1 rings (SSSR count). The third-order valence-corrected chi connectivity index (χ3v) is 3.75. The molecule has 0 saturated heterocycles. The van der Waals surface area contributed by atoms with Gasteiger partial charge in [0, 0.05) is 0 Å². The molecule has 0 aromatic rings. The molecule has 1 aliphatic carbocycles. The van der Waals surface area contributed by atoms with Crippen molar-refractivity contribution >= 4 is 35.6 Å². The van der Waals surface area contributed by atoms with Gasteiger partial charge in [-0.2, -0.15) is 0 Å². The van der Waals surface area contributed by atoms with E-state index in [4.69, 9.17) is 10.2 Å². The lowest BCUT2D eigenvalue weighted by atomic mass is 9.75. The predicted molar refractivity (Wildman–Crippen MR) is 65.2 cm³/mol. The van der Waals surface area contributed by atoms with Crippen LogP contribution in [-0.4, -0.2) is 62.7 Å². The highest BCUT2D eigenvalue weighted by atomic mass is 16.5. The topological polar surface area (TPSA) is 193 Å². The van der Waals surface area contributed by atoms with Crippen molar-refractivity contribution < 1.29 is 53.9 Å². The van der Waals surface area contributed by atoms with Crippen molar-refractivity contribution in [3.63, 3.8) is 0 Å². The molecule has 0 heterocycles. The maximum Gasteiger partial charge on any atom is 0.329 e. The number of hydrogen-bond donors (Lipinski definition) is 4. The second-order valence-corrected chi connectivity index (χ2v) is 4.77. The zero-order valence-electron chi connectivity index (χ0n) is 11.6. The molecule has 4 N–H and O–H groups in total. The van der Waals surface area contributed by atoms with Crippen LogP contribution < -0.4 is 0 Å². The molecule has 0 bridgehead atoms. The minimum atomic E-state index is -3.55. The Morgan fingerprint density at radius 2 is 1.43 bits per heavy atom. The van der Waals surface area contributed by atoms with Gasteiger partial charge in [-0.3, -0.25) is 28.8 Å². The zero-order valence-corrected chi connectivity index (χ0v) is 11.6. The molecule has 0 amide bonds. The van der Waals surface area contributed by atoms with Crippen molar-refractivity contribution in [1.82, 2.24) is 0 Å². The number of ketones is 1. The first kappa shape index (κ1) is 18.1. The predicted octanol–water partition coefficient (Wildman–Crippen LogP) is -1.55. The van der Waals surface area contributed by atoms with Crippen molar-refractivity contribution in [3.8, 4) is 0 Å². The van der Waals surface area contributed by atoms with E-state index in [9.17, 15) is 39.0 Å². The Kier molecular flexibility index (Phi) is 4.45. The normalized spacial score (nSPS) is 21.4. The Bertz CT molecular complexity index is 588. The zero-order chi connectivity index (χ0) is 18.2. The highest BCUT2D eigenvalue weighted by Gasteiger charge is 2.78. The summed E-state index contributed by atoms with van der Waals surface area (Å²) in [7, 11) is 0. The first-order valence-electron chi connectivity index (χ1n) is 6.16. The molecule has 0 aliphatic heterocycles. The van der Waals surface area contributed by atoms with E-state index >= 15 is 0 Å². The number of carbonyl (C=O) groups excluding carboxylic acids is 2. The first-order valence-corrected chi connectivity index (χ1v) is 6.16. The summed E-state index contributed by atoms with van der Waals surface area (Å²) in [5.74, 6) is -15.1. The van der Waals surface area contributed by atoms with Gasteiger partial charge in [0.1, 0.15) is 0 Å². The maximum absolute atomic E-state index is 12.3. The Balaban J connectivity index is 3.75. The Labute approximate surface area is 127 Å². The van der Waals surface area contributed by atoms with Crippen LogP contribution in [0.5, 0.6) is 0 Å². The van der Waals surface area contributed by atoms with E-state index in [0.717, 1.165) is 0 Å².